The minimum absolute atomic E-state index is 0.0333. The SMILES string of the molecule is CC1(C)CC(NC(=O)C(=O)NN2C(=O)c3c(Br)c(Br)c(Br)c(Br)c3C2=O)CC(C)(C)N1C(=O)Oc1ccccc1. The average Bonchev–Trinajstić information content (AvgIpc) is 3.10. The average molecular weight is 808 g/mol. The zero-order valence-corrected chi connectivity index (χ0v) is 28.1. The van der Waals surface area contributed by atoms with E-state index >= 15 is 0 Å². The predicted molar refractivity (Wildman–Crippen MR) is 160 cm³/mol. The van der Waals surface area contributed by atoms with Crippen LogP contribution in [-0.2, 0) is 9.59 Å². The van der Waals surface area contributed by atoms with Crippen molar-refractivity contribution in [2.24, 2.45) is 0 Å². The van der Waals surface area contributed by atoms with Crippen LogP contribution in [-0.4, -0.2) is 56.8 Å². The maximum Gasteiger partial charge on any atom is 0.416 e. The molecule has 0 aliphatic carbocycles. The van der Waals surface area contributed by atoms with E-state index in [4.69, 9.17) is 4.74 Å². The number of likely N-dealkylation sites (tertiary alicyclic amines) is 1. The van der Waals surface area contributed by atoms with Crippen molar-refractivity contribution in [3.8, 4) is 5.75 Å². The summed E-state index contributed by atoms with van der Waals surface area (Å²) in [5.74, 6) is -3.38. The molecule has 5 amide bonds. The van der Waals surface area contributed by atoms with Gasteiger partial charge in [0.25, 0.3) is 11.8 Å². The third-order valence-corrected chi connectivity index (χ3v) is 11.5. The second-order valence-electron chi connectivity index (χ2n) is 10.6. The molecule has 2 aliphatic heterocycles. The van der Waals surface area contributed by atoms with Gasteiger partial charge in [-0.15, -0.1) is 0 Å². The van der Waals surface area contributed by atoms with Crippen LogP contribution >= 0.6 is 63.7 Å². The molecular weight excluding hydrogens is 784 g/mol. The van der Waals surface area contributed by atoms with Gasteiger partial charge in [-0.1, -0.05) is 18.2 Å². The van der Waals surface area contributed by atoms with E-state index in [1.807, 2.05) is 33.8 Å². The van der Waals surface area contributed by atoms with Crippen molar-refractivity contribution in [2.45, 2.75) is 57.7 Å². The van der Waals surface area contributed by atoms with E-state index in [0.29, 0.717) is 41.5 Å². The highest BCUT2D eigenvalue weighted by Gasteiger charge is 2.50. The van der Waals surface area contributed by atoms with Crippen molar-refractivity contribution in [1.29, 1.82) is 0 Å². The van der Waals surface area contributed by atoms with E-state index in [1.165, 1.54) is 0 Å². The molecular formula is C26H24Br4N4O6. The molecule has 2 N–H and O–H groups in total. The molecule has 10 nitrogen and oxygen atoms in total. The number of benzene rings is 2. The molecule has 0 radical (unpaired) electrons. The Morgan fingerprint density at radius 2 is 1.27 bits per heavy atom. The second-order valence-corrected chi connectivity index (χ2v) is 13.8. The largest absolute Gasteiger partial charge is 0.416 e. The van der Waals surface area contributed by atoms with Gasteiger partial charge in [-0.05, 0) is 116 Å². The molecule has 2 aromatic carbocycles. The highest BCUT2D eigenvalue weighted by Crippen LogP contribution is 2.45. The van der Waals surface area contributed by atoms with Crippen LogP contribution in [0.25, 0.3) is 0 Å². The normalized spacial score (nSPS) is 17.9. The van der Waals surface area contributed by atoms with E-state index in [0.717, 1.165) is 0 Å². The molecule has 2 heterocycles. The number of nitrogens with one attached hydrogen (secondary N) is 2. The first-order chi connectivity index (χ1) is 18.6. The molecule has 4 rings (SSSR count). The molecule has 2 aliphatic rings. The monoisotopic (exact) mass is 804 g/mol. The van der Waals surface area contributed by atoms with E-state index in [2.05, 4.69) is 74.5 Å². The van der Waals surface area contributed by atoms with Crippen LogP contribution in [0.1, 0.15) is 61.3 Å². The Balaban J connectivity index is 1.45. The number of fused-ring (bicyclic) bond motifs is 1. The number of hydrogen-bond donors (Lipinski definition) is 2. The Morgan fingerprint density at radius 3 is 1.75 bits per heavy atom. The number of halogens is 4. The van der Waals surface area contributed by atoms with Gasteiger partial charge in [-0.3, -0.25) is 24.1 Å². The van der Waals surface area contributed by atoms with E-state index in [-0.39, 0.29) is 11.1 Å². The first-order valence-electron chi connectivity index (χ1n) is 12.0. The topological polar surface area (TPSA) is 125 Å². The third-order valence-electron chi connectivity index (χ3n) is 6.69. The highest BCUT2D eigenvalue weighted by molar-refractivity contribution is 9.15. The number of rotatable bonds is 3. The minimum atomic E-state index is -1.18. The zero-order chi connectivity index (χ0) is 29.7. The summed E-state index contributed by atoms with van der Waals surface area (Å²) in [7, 11) is 0. The van der Waals surface area contributed by atoms with Gasteiger partial charge in [-0.2, -0.15) is 5.01 Å². The Morgan fingerprint density at radius 1 is 0.800 bits per heavy atom. The smallest absolute Gasteiger partial charge is 0.410 e. The number of hydrogen-bond acceptors (Lipinski definition) is 6. The van der Waals surface area contributed by atoms with E-state index in [9.17, 15) is 24.0 Å². The van der Waals surface area contributed by atoms with Crippen molar-refractivity contribution < 1.29 is 28.7 Å². The van der Waals surface area contributed by atoms with E-state index < -0.39 is 46.8 Å². The van der Waals surface area contributed by atoms with E-state index in [1.54, 1.807) is 29.2 Å². The van der Waals surface area contributed by atoms with Gasteiger partial charge in [0.05, 0.1) is 11.1 Å². The summed E-state index contributed by atoms with van der Waals surface area (Å²) in [6.07, 6.45) is 0.132. The maximum atomic E-state index is 13.1. The van der Waals surface area contributed by atoms with Gasteiger partial charge in [0.1, 0.15) is 5.75 Å². The molecule has 2 aromatic rings. The van der Waals surface area contributed by atoms with Crippen molar-refractivity contribution in [2.75, 3.05) is 0 Å². The van der Waals surface area contributed by atoms with Crippen LogP contribution in [0.5, 0.6) is 5.75 Å². The first-order valence-corrected chi connectivity index (χ1v) is 15.2. The number of hydrazine groups is 1. The fourth-order valence-corrected chi connectivity index (χ4v) is 7.82. The Hall–Kier alpha value is -2.29. The molecule has 0 unspecified atom stereocenters. The molecule has 0 saturated carbocycles. The predicted octanol–water partition coefficient (Wildman–Crippen LogP) is 5.70. The van der Waals surface area contributed by atoms with Crippen LogP contribution in [0, 0.1) is 0 Å². The number of amides is 5. The van der Waals surface area contributed by atoms with Crippen molar-refractivity contribution in [3.05, 3.63) is 59.3 Å². The molecule has 0 aromatic heterocycles. The van der Waals surface area contributed by atoms with Gasteiger partial charge in [0, 0.05) is 35.0 Å². The van der Waals surface area contributed by atoms with Crippen LogP contribution < -0.4 is 15.5 Å². The molecule has 14 heteroatoms. The maximum absolute atomic E-state index is 13.1. The standard InChI is InChI=1S/C26H24Br4N4O6/c1-25(2)10-12(11-26(3,4)34(25)24(39)40-13-8-6-5-7-9-13)31-20(35)21(36)32-33-22(37)14-15(23(33)38)17(28)19(30)18(29)16(14)27/h5-9,12H,10-11H2,1-4H3,(H,31,35)(H,32,36). The molecule has 0 spiro atoms. The van der Waals surface area contributed by atoms with Gasteiger partial charge in [0.15, 0.2) is 0 Å². The third kappa shape index (κ3) is 5.59. The number of piperidine rings is 1. The Kier molecular flexibility index (Phi) is 8.57. The van der Waals surface area contributed by atoms with Crippen molar-refractivity contribution in [1.82, 2.24) is 20.7 Å². The lowest BCUT2D eigenvalue weighted by Crippen LogP contribution is -2.67. The van der Waals surface area contributed by atoms with Gasteiger partial charge < -0.3 is 10.1 Å². The van der Waals surface area contributed by atoms with Crippen LogP contribution in [0.4, 0.5) is 4.79 Å². The van der Waals surface area contributed by atoms with Gasteiger partial charge in [0.2, 0.25) is 0 Å². The van der Waals surface area contributed by atoms with Crippen LogP contribution in [0.15, 0.2) is 48.2 Å². The van der Waals surface area contributed by atoms with Crippen LogP contribution in [0.3, 0.4) is 0 Å². The number of ether oxygens (including phenoxy) is 1. The molecule has 1 fully saturated rings. The highest BCUT2D eigenvalue weighted by atomic mass is 79.9. The van der Waals surface area contributed by atoms with Gasteiger partial charge >= 0.3 is 17.9 Å². The van der Waals surface area contributed by atoms with Crippen LogP contribution in [0.2, 0.25) is 0 Å². The quantitative estimate of drug-likeness (QED) is 0.178. The summed E-state index contributed by atoms with van der Waals surface area (Å²) in [4.78, 5) is 66.5. The zero-order valence-electron chi connectivity index (χ0n) is 21.7. The lowest BCUT2D eigenvalue weighted by Gasteiger charge is -2.54. The Bertz CT molecular complexity index is 1380. The Labute approximate surface area is 264 Å². The lowest BCUT2D eigenvalue weighted by molar-refractivity contribution is -0.142. The fourth-order valence-electron chi connectivity index (χ4n) is 5.37. The summed E-state index contributed by atoms with van der Waals surface area (Å²) in [6, 6.07) is 8.24. The van der Waals surface area contributed by atoms with Crippen molar-refractivity contribution >= 4 is 93.4 Å². The molecule has 0 bridgehead atoms. The number of carbonyl (C=O) groups excluding carboxylic acids is 5. The summed E-state index contributed by atoms with van der Waals surface area (Å²) in [5.41, 5.74) is 0.705. The number of para-hydroxylation sites is 1. The molecule has 212 valence electrons. The van der Waals surface area contributed by atoms with Crippen molar-refractivity contribution in [3.63, 3.8) is 0 Å². The number of carbonyl (C=O) groups is 5. The summed E-state index contributed by atoms with van der Waals surface area (Å²) < 4.78 is 7.21. The summed E-state index contributed by atoms with van der Waals surface area (Å²) in [5, 5.41) is 3.20. The molecule has 0 atom stereocenters. The fraction of sp³-hybridized carbons (Fsp3) is 0.346. The lowest BCUT2D eigenvalue weighted by atomic mass is 9.77. The minimum Gasteiger partial charge on any atom is -0.410 e. The number of imide groups is 1. The second kappa shape index (κ2) is 11.2. The summed E-state index contributed by atoms with van der Waals surface area (Å²) >= 11 is 13.3. The summed E-state index contributed by atoms with van der Waals surface area (Å²) in [6.45, 7) is 7.41. The number of nitrogens with zero attached hydrogens (tertiary/aromatic N) is 2. The molecule has 40 heavy (non-hydrogen) atoms. The van der Waals surface area contributed by atoms with Gasteiger partial charge in [-0.25, -0.2) is 10.2 Å². The molecule has 1 saturated heterocycles. The first kappa shape index (κ1) is 30.7.